The summed E-state index contributed by atoms with van der Waals surface area (Å²) in [4.78, 5) is 0. The molecule has 1 aliphatic carbocycles. The Kier molecular flexibility index (Phi) is 3.47. The van der Waals surface area contributed by atoms with E-state index < -0.39 is 0 Å². The van der Waals surface area contributed by atoms with E-state index in [0.717, 1.165) is 18.4 Å². The Hall–Kier alpha value is -1.83. The molecule has 20 heavy (non-hydrogen) atoms. The van der Waals surface area contributed by atoms with Crippen molar-refractivity contribution < 1.29 is 4.39 Å². The second kappa shape index (κ2) is 5.28. The number of aryl methyl sites for hydroxylation is 2. The average Bonchev–Trinajstić information content (AvgIpc) is 2.38. The lowest BCUT2D eigenvalue weighted by Gasteiger charge is -2.37. The molecule has 1 saturated carbocycles. The second-order valence-corrected chi connectivity index (χ2v) is 5.85. The molecule has 1 fully saturated rings. The summed E-state index contributed by atoms with van der Waals surface area (Å²) >= 11 is 0. The first kappa shape index (κ1) is 13.2. The molecule has 0 saturated heterocycles. The van der Waals surface area contributed by atoms with Crippen LogP contribution < -0.4 is 5.32 Å². The molecule has 2 aromatic carbocycles. The Morgan fingerprint density at radius 1 is 1.00 bits per heavy atom. The fourth-order valence-corrected chi connectivity index (χ4v) is 2.87. The van der Waals surface area contributed by atoms with E-state index in [4.69, 9.17) is 0 Å². The van der Waals surface area contributed by atoms with Crippen LogP contribution in [0.5, 0.6) is 0 Å². The summed E-state index contributed by atoms with van der Waals surface area (Å²) in [5.41, 5.74) is 4.34. The van der Waals surface area contributed by atoms with E-state index in [9.17, 15) is 4.39 Å². The first-order chi connectivity index (χ1) is 9.63. The molecule has 0 spiro atoms. The minimum atomic E-state index is -0.149. The van der Waals surface area contributed by atoms with Gasteiger partial charge in [-0.1, -0.05) is 42.0 Å². The molecule has 1 aliphatic rings. The highest BCUT2D eigenvalue weighted by molar-refractivity contribution is 5.53. The maximum Gasteiger partial charge on any atom is 0.146 e. The van der Waals surface area contributed by atoms with E-state index in [1.165, 1.54) is 17.2 Å². The van der Waals surface area contributed by atoms with E-state index in [0.29, 0.717) is 17.6 Å². The third-order valence-electron chi connectivity index (χ3n) is 4.26. The van der Waals surface area contributed by atoms with Gasteiger partial charge in [-0.25, -0.2) is 4.39 Å². The molecule has 1 nitrogen and oxygen atoms in total. The van der Waals surface area contributed by atoms with Gasteiger partial charge in [0.15, 0.2) is 0 Å². The van der Waals surface area contributed by atoms with Gasteiger partial charge in [-0.15, -0.1) is 0 Å². The molecule has 0 heterocycles. The van der Waals surface area contributed by atoms with E-state index in [2.05, 4.69) is 36.5 Å². The predicted octanol–water partition coefficient (Wildman–Crippen LogP) is 4.80. The van der Waals surface area contributed by atoms with Gasteiger partial charge in [-0.3, -0.25) is 0 Å². The van der Waals surface area contributed by atoms with Crippen LogP contribution in [0.3, 0.4) is 0 Å². The Labute approximate surface area is 119 Å². The van der Waals surface area contributed by atoms with E-state index >= 15 is 0 Å². The number of para-hydroxylation sites is 1. The summed E-state index contributed by atoms with van der Waals surface area (Å²) in [6.07, 6.45) is 2.16. The Balaban J connectivity index is 1.62. The summed E-state index contributed by atoms with van der Waals surface area (Å²) < 4.78 is 13.8. The fourth-order valence-electron chi connectivity index (χ4n) is 2.87. The highest BCUT2D eigenvalue weighted by Gasteiger charge is 2.30. The van der Waals surface area contributed by atoms with Crippen LogP contribution in [0.15, 0.2) is 42.5 Å². The van der Waals surface area contributed by atoms with Crippen molar-refractivity contribution in [2.45, 2.75) is 38.6 Å². The first-order valence-electron chi connectivity index (χ1n) is 7.21. The Morgan fingerprint density at radius 3 is 2.35 bits per heavy atom. The van der Waals surface area contributed by atoms with Gasteiger partial charge < -0.3 is 5.32 Å². The zero-order chi connectivity index (χ0) is 14.1. The molecule has 0 amide bonds. The van der Waals surface area contributed by atoms with Crippen molar-refractivity contribution >= 4 is 5.69 Å². The number of halogens is 1. The van der Waals surface area contributed by atoms with Crippen LogP contribution in [-0.4, -0.2) is 6.04 Å². The molecule has 0 radical (unpaired) electrons. The number of anilines is 1. The van der Waals surface area contributed by atoms with Gasteiger partial charge >= 0.3 is 0 Å². The van der Waals surface area contributed by atoms with Crippen molar-refractivity contribution in [2.75, 3.05) is 5.32 Å². The lowest BCUT2D eigenvalue weighted by molar-refractivity contribution is 0.372. The van der Waals surface area contributed by atoms with Crippen LogP contribution in [-0.2, 0) is 0 Å². The molecule has 0 aliphatic heterocycles. The summed E-state index contributed by atoms with van der Waals surface area (Å²) in [6, 6.07) is 14.4. The van der Waals surface area contributed by atoms with E-state index in [1.54, 1.807) is 6.07 Å². The zero-order valence-electron chi connectivity index (χ0n) is 12.0. The third-order valence-corrected chi connectivity index (χ3v) is 4.26. The number of nitrogens with one attached hydrogen (secondary N) is 1. The third kappa shape index (κ3) is 2.55. The van der Waals surface area contributed by atoms with Crippen molar-refractivity contribution in [1.82, 2.24) is 0 Å². The van der Waals surface area contributed by atoms with E-state index in [1.807, 2.05) is 13.0 Å². The number of hydrogen-bond acceptors (Lipinski definition) is 1. The van der Waals surface area contributed by atoms with E-state index in [-0.39, 0.29) is 5.82 Å². The molecule has 104 valence electrons. The highest BCUT2D eigenvalue weighted by Crippen LogP contribution is 2.39. The predicted molar refractivity (Wildman–Crippen MR) is 81.7 cm³/mol. The van der Waals surface area contributed by atoms with Crippen LogP contribution in [0, 0.1) is 19.7 Å². The van der Waals surface area contributed by atoms with Gasteiger partial charge in [-0.05, 0) is 49.8 Å². The van der Waals surface area contributed by atoms with Crippen LogP contribution in [0.1, 0.15) is 35.4 Å². The monoisotopic (exact) mass is 269 g/mol. The second-order valence-electron chi connectivity index (χ2n) is 5.85. The molecule has 1 N–H and O–H groups in total. The molecule has 0 aromatic heterocycles. The lowest BCUT2D eigenvalue weighted by Crippen LogP contribution is -2.34. The normalized spacial score (nSPS) is 21.4. The molecule has 0 unspecified atom stereocenters. The Morgan fingerprint density at radius 2 is 1.70 bits per heavy atom. The van der Waals surface area contributed by atoms with Crippen LogP contribution >= 0.6 is 0 Å². The maximum atomic E-state index is 13.8. The molecule has 2 aromatic rings. The molecule has 3 rings (SSSR count). The van der Waals surface area contributed by atoms with Crippen LogP contribution in [0.4, 0.5) is 10.1 Å². The summed E-state index contributed by atoms with van der Waals surface area (Å²) in [5.74, 6) is 0.462. The molecule has 0 bridgehead atoms. The van der Waals surface area contributed by atoms with Gasteiger partial charge in [-0.2, -0.15) is 0 Å². The minimum absolute atomic E-state index is 0.149. The van der Waals surface area contributed by atoms with Gasteiger partial charge in [0.25, 0.3) is 0 Å². The van der Waals surface area contributed by atoms with Crippen molar-refractivity contribution in [1.29, 1.82) is 0 Å². The van der Waals surface area contributed by atoms with Gasteiger partial charge in [0.05, 0.1) is 5.69 Å². The molecular weight excluding hydrogens is 249 g/mol. The van der Waals surface area contributed by atoms with Crippen molar-refractivity contribution in [3.8, 4) is 0 Å². The van der Waals surface area contributed by atoms with Crippen molar-refractivity contribution in [3.63, 3.8) is 0 Å². The number of rotatable bonds is 3. The quantitative estimate of drug-likeness (QED) is 0.844. The standard InChI is InChI=1S/C18H20FN/c1-12-6-8-14(9-7-12)15-10-16(11-15)20-18-13(2)4-3-5-17(18)19/h3-9,15-16,20H,10-11H2,1-2H3. The topological polar surface area (TPSA) is 12.0 Å². The molecule has 0 atom stereocenters. The average molecular weight is 269 g/mol. The zero-order valence-corrected chi connectivity index (χ0v) is 12.0. The van der Waals surface area contributed by atoms with Crippen LogP contribution in [0.2, 0.25) is 0 Å². The summed E-state index contributed by atoms with van der Waals surface area (Å²) in [7, 11) is 0. The van der Waals surface area contributed by atoms with Crippen molar-refractivity contribution in [3.05, 3.63) is 65.0 Å². The Bertz CT molecular complexity index is 577. The summed E-state index contributed by atoms with van der Waals surface area (Å²) in [6.45, 7) is 4.05. The fraction of sp³-hybridized carbons (Fsp3) is 0.333. The first-order valence-corrected chi connectivity index (χ1v) is 7.21. The molecular formula is C18H20FN. The number of benzene rings is 2. The highest BCUT2D eigenvalue weighted by atomic mass is 19.1. The maximum absolute atomic E-state index is 13.8. The largest absolute Gasteiger partial charge is 0.380 e. The molecule has 2 heteroatoms. The SMILES string of the molecule is Cc1ccc(C2CC(Nc3c(C)cccc3F)C2)cc1. The number of hydrogen-bond donors (Lipinski definition) is 1. The van der Waals surface area contributed by atoms with Gasteiger partial charge in [0.1, 0.15) is 5.82 Å². The van der Waals surface area contributed by atoms with Crippen LogP contribution in [0.25, 0.3) is 0 Å². The van der Waals surface area contributed by atoms with Gasteiger partial charge in [0, 0.05) is 6.04 Å². The van der Waals surface area contributed by atoms with Gasteiger partial charge in [0.2, 0.25) is 0 Å². The smallest absolute Gasteiger partial charge is 0.146 e. The minimum Gasteiger partial charge on any atom is -0.380 e. The van der Waals surface area contributed by atoms with Crippen molar-refractivity contribution in [2.24, 2.45) is 0 Å². The lowest BCUT2D eigenvalue weighted by atomic mass is 9.75. The summed E-state index contributed by atoms with van der Waals surface area (Å²) in [5, 5.41) is 3.35.